The summed E-state index contributed by atoms with van der Waals surface area (Å²) in [6.45, 7) is 2.07. The lowest BCUT2D eigenvalue weighted by molar-refractivity contribution is 0.600. The summed E-state index contributed by atoms with van der Waals surface area (Å²) in [6.07, 6.45) is 2.15. The molecule has 0 aliphatic carbocycles. The lowest BCUT2D eigenvalue weighted by Crippen LogP contribution is -2.33. The summed E-state index contributed by atoms with van der Waals surface area (Å²) in [7, 11) is -1.03. The molecule has 7 heteroatoms. The molecule has 1 aliphatic heterocycles. The van der Waals surface area contributed by atoms with Gasteiger partial charge in [-0.05, 0) is 18.9 Å². The van der Waals surface area contributed by atoms with E-state index < -0.39 is 9.84 Å². The Morgan fingerprint density at radius 2 is 2.00 bits per heavy atom. The number of hydrogen-bond donors (Lipinski definition) is 1. The van der Waals surface area contributed by atoms with Crippen LogP contribution in [-0.2, 0) is 9.84 Å². The zero-order chi connectivity index (χ0) is 17.2. The van der Waals surface area contributed by atoms with E-state index in [9.17, 15) is 8.42 Å². The molecule has 1 aromatic heterocycles. The van der Waals surface area contributed by atoms with Crippen molar-refractivity contribution in [1.29, 1.82) is 0 Å². The molecular weight excluding hydrogens is 324 g/mol. The highest BCUT2D eigenvalue weighted by atomic mass is 32.2. The molecule has 2 atom stereocenters. The van der Waals surface area contributed by atoms with Crippen LogP contribution >= 0.6 is 0 Å². The molecule has 0 spiro atoms. The van der Waals surface area contributed by atoms with Gasteiger partial charge in [-0.1, -0.05) is 30.3 Å². The Morgan fingerprint density at radius 3 is 2.67 bits per heavy atom. The lowest BCUT2D eigenvalue weighted by atomic mass is 10.1. The second-order valence-corrected chi connectivity index (χ2v) is 8.43. The van der Waals surface area contributed by atoms with Gasteiger partial charge in [0, 0.05) is 25.2 Å². The van der Waals surface area contributed by atoms with E-state index in [0.29, 0.717) is 6.42 Å². The molecular formula is C17H22N4O2S. The number of hydrogen-bond acceptors (Lipinski definition) is 6. The second kappa shape index (κ2) is 6.76. The van der Waals surface area contributed by atoms with Gasteiger partial charge in [0.25, 0.3) is 0 Å². The second-order valence-electron chi connectivity index (χ2n) is 6.21. The molecule has 6 nitrogen and oxygen atoms in total. The van der Waals surface area contributed by atoms with Crippen LogP contribution in [0.5, 0.6) is 0 Å². The minimum atomic E-state index is -2.91. The number of nitrogens with zero attached hydrogens (tertiary/aromatic N) is 3. The Hall–Kier alpha value is -2.15. The fourth-order valence-electron chi connectivity index (χ4n) is 2.93. The first-order chi connectivity index (χ1) is 11.4. The van der Waals surface area contributed by atoms with E-state index >= 15 is 0 Å². The third kappa shape index (κ3) is 3.84. The predicted octanol–water partition coefficient (Wildman–Crippen LogP) is 2.27. The molecule has 1 N–H and O–H groups in total. The van der Waals surface area contributed by atoms with Gasteiger partial charge in [0.1, 0.15) is 18.0 Å². The Morgan fingerprint density at radius 1 is 1.25 bits per heavy atom. The van der Waals surface area contributed by atoms with Crippen molar-refractivity contribution in [2.24, 2.45) is 0 Å². The summed E-state index contributed by atoms with van der Waals surface area (Å²) in [6, 6.07) is 12.1. The molecule has 2 aromatic rings. The number of rotatable bonds is 5. The van der Waals surface area contributed by atoms with Crippen LogP contribution in [0.25, 0.3) is 0 Å². The molecule has 24 heavy (non-hydrogen) atoms. The van der Waals surface area contributed by atoms with Crippen molar-refractivity contribution in [3.05, 3.63) is 48.3 Å². The third-order valence-electron chi connectivity index (χ3n) is 4.43. The monoisotopic (exact) mass is 346 g/mol. The number of anilines is 2. The summed E-state index contributed by atoms with van der Waals surface area (Å²) in [4.78, 5) is 10.5. The van der Waals surface area contributed by atoms with Crippen molar-refractivity contribution >= 4 is 21.5 Å². The topological polar surface area (TPSA) is 75.2 Å². The largest absolute Gasteiger partial charge is 0.363 e. The standard InChI is InChI=1S/C17H22N4O2S/c1-13(14-6-4-3-5-7-14)20-16-10-17(19-12-18-16)21(2)15-8-9-24(22,23)11-15/h3-7,10,12-13,15H,8-9,11H2,1-2H3,(H,18,19,20). The number of sulfone groups is 1. The Balaban J connectivity index is 1.72. The van der Waals surface area contributed by atoms with Crippen LogP contribution in [0, 0.1) is 0 Å². The molecule has 0 saturated carbocycles. The van der Waals surface area contributed by atoms with Gasteiger partial charge in [0.15, 0.2) is 9.84 Å². The first-order valence-corrected chi connectivity index (χ1v) is 9.83. The van der Waals surface area contributed by atoms with Crippen LogP contribution in [0.15, 0.2) is 42.7 Å². The molecule has 2 heterocycles. The highest BCUT2D eigenvalue weighted by Gasteiger charge is 2.31. The summed E-state index contributed by atoms with van der Waals surface area (Å²) < 4.78 is 23.3. The van der Waals surface area contributed by atoms with Crippen molar-refractivity contribution in [2.45, 2.75) is 25.4 Å². The van der Waals surface area contributed by atoms with Crippen molar-refractivity contribution < 1.29 is 8.42 Å². The number of nitrogens with one attached hydrogen (secondary N) is 1. The van der Waals surface area contributed by atoms with Gasteiger partial charge in [-0.25, -0.2) is 18.4 Å². The first-order valence-electron chi connectivity index (χ1n) is 8.01. The van der Waals surface area contributed by atoms with Crippen LogP contribution in [0.1, 0.15) is 24.9 Å². The highest BCUT2D eigenvalue weighted by Crippen LogP contribution is 2.24. The SMILES string of the molecule is CC(Nc1cc(N(C)C2CCS(=O)(=O)C2)ncn1)c1ccccc1. The fraction of sp³-hybridized carbons (Fsp3) is 0.412. The van der Waals surface area contributed by atoms with Crippen LogP contribution in [-0.4, -0.2) is 43.0 Å². The quantitative estimate of drug-likeness (QED) is 0.895. The van der Waals surface area contributed by atoms with E-state index in [1.54, 1.807) is 0 Å². The maximum absolute atomic E-state index is 11.7. The van der Waals surface area contributed by atoms with E-state index in [0.717, 1.165) is 11.6 Å². The van der Waals surface area contributed by atoms with Crippen LogP contribution in [0.3, 0.4) is 0 Å². The Kier molecular flexibility index (Phi) is 4.71. The number of aromatic nitrogens is 2. The molecule has 1 aliphatic rings. The summed E-state index contributed by atoms with van der Waals surface area (Å²) >= 11 is 0. The summed E-state index contributed by atoms with van der Waals surface area (Å²) in [5.74, 6) is 1.90. The fourth-order valence-corrected chi connectivity index (χ4v) is 4.71. The zero-order valence-electron chi connectivity index (χ0n) is 13.9. The van der Waals surface area contributed by atoms with Gasteiger partial charge in [-0.2, -0.15) is 0 Å². The van der Waals surface area contributed by atoms with Gasteiger partial charge in [0.05, 0.1) is 11.5 Å². The minimum absolute atomic E-state index is 0.0238. The van der Waals surface area contributed by atoms with Crippen molar-refractivity contribution in [2.75, 3.05) is 28.8 Å². The Labute approximate surface area is 142 Å². The molecule has 1 aromatic carbocycles. The first kappa shape index (κ1) is 16.7. The van der Waals surface area contributed by atoms with E-state index in [2.05, 4.69) is 34.3 Å². The average molecular weight is 346 g/mol. The molecule has 3 rings (SSSR count). The average Bonchev–Trinajstić information content (AvgIpc) is 2.95. The van der Waals surface area contributed by atoms with Gasteiger partial charge >= 0.3 is 0 Å². The van der Waals surface area contributed by atoms with Gasteiger partial charge in [-0.15, -0.1) is 0 Å². The molecule has 128 valence electrons. The lowest BCUT2D eigenvalue weighted by Gasteiger charge is -2.25. The molecule has 1 saturated heterocycles. The van der Waals surface area contributed by atoms with Gasteiger partial charge < -0.3 is 10.2 Å². The van der Waals surface area contributed by atoms with E-state index in [1.165, 1.54) is 11.9 Å². The number of benzene rings is 1. The van der Waals surface area contributed by atoms with E-state index in [1.807, 2.05) is 36.2 Å². The maximum Gasteiger partial charge on any atom is 0.152 e. The van der Waals surface area contributed by atoms with E-state index in [4.69, 9.17) is 0 Å². The third-order valence-corrected chi connectivity index (χ3v) is 6.18. The Bertz CT molecular complexity index is 795. The van der Waals surface area contributed by atoms with Gasteiger partial charge in [0.2, 0.25) is 0 Å². The van der Waals surface area contributed by atoms with Gasteiger partial charge in [-0.3, -0.25) is 0 Å². The molecule has 1 fully saturated rings. The summed E-state index contributed by atoms with van der Waals surface area (Å²) in [5.41, 5.74) is 1.17. The van der Waals surface area contributed by atoms with Crippen LogP contribution < -0.4 is 10.2 Å². The van der Waals surface area contributed by atoms with Crippen molar-refractivity contribution in [1.82, 2.24) is 9.97 Å². The molecule has 2 unspecified atom stereocenters. The minimum Gasteiger partial charge on any atom is -0.363 e. The maximum atomic E-state index is 11.7. The highest BCUT2D eigenvalue weighted by molar-refractivity contribution is 7.91. The van der Waals surface area contributed by atoms with Crippen molar-refractivity contribution in [3.63, 3.8) is 0 Å². The normalized spacial score (nSPS) is 20.5. The van der Waals surface area contributed by atoms with Crippen molar-refractivity contribution in [3.8, 4) is 0 Å². The van der Waals surface area contributed by atoms with Crippen LogP contribution in [0.4, 0.5) is 11.6 Å². The smallest absolute Gasteiger partial charge is 0.152 e. The molecule has 0 amide bonds. The molecule has 0 radical (unpaired) electrons. The summed E-state index contributed by atoms with van der Waals surface area (Å²) in [5, 5.41) is 3.36. The predicted molar refractivity (Wildman–Crippen MR) is 96.0 cm³/mol. The van der Waals surface area contributed by atoms with E-state index in [-0.39, 0.29) is 23.6 Å². The zero-order valence-corrected chi connectivity index (χ0v) is 14.7. The van der Waals surface area contributed by atoms with Crippen LogP contribution in [0.2, 0.25) is 0 Å². The molecule has 0 bridgehead atoms.